The smallest absolute Gasteiger partial charge is 0.227 e. The quantitative estimate of drug-likeness (QED) is 0.908. The van der Waals surface area contributed by atoms with Crippen molar-refractivity contribution in [2.24, 2.45) is 5.92 Å². The van der Waals surface area contributed by atoms with E-state index in [1.165, 1.54) is 6.07 Å². The number of likely N-dealkylation sites (tertiary alicyclic amines) is 1. The molecule has 0 saturated carbocycles. The zero-order valence-electron chi connectivity index (χ0n) is 14.4. The van der Waals surface area contributed by atoms with Crippen molar-refractivity contribution in [1.82, 2.24) is 14.9 Å². The van der Waals surface area contributed by atoms with Gasteiger partial charge in [0, 0.05) is 32.5 Å². The zero-order valence-corrected chi connectivity index (χ0v) is 14.4. The molecule has 0 spiro atoms. The van der Waals surface area contributed by atoms with Crippen LogP contribution in [-0.2, 0) is 17.6 Å². The lowest BCUT2D eigenvalue weighted by Gasteiger charge is -2.33. The first kappa shape index (κ1) is 17.3. The Morgan fingerprint density at radius 3 is 2.92 bits per heavy atom. The van der Waals surface area contributed by atoms with Crippen molar-refractivity contribution in [3.05, 3.63) is 53.7 Å². The molecular weight excluding hydrogens is 319 g/mol. The largest absolute Gasteiger partial charge is 0.372 e. The second kappa shape index (κ2) is 8.05. The number of anilines is 1. The summed E-state index contributed by atoms with van der Waals surface area (Å²) in [6, 6.07) is 6.47. The van der Waals surface area contributed by atoms with Crippen molar-refractivity contribution < 1.29 is 9.18 Å². The molecule has 1 aromatic heterocycles. The van der Waals surface area contributed by atoms with Gasteiger partial charge in [-0.1, -0.05) is 18.2 Å². The maximum absolute atomic E-state index is 13.8. The zero-order chi connectivity index (χ0) is 17.6. The van der Waals surface area contributed by atoms with E-state index in [9.17, 15) is 9.18 Å². The van der Waals surface area contributed by atoms with E-state index < -0.39 is 0 Å². The van der Waals surface area contributed by atoms with E-state index in [4.69, 9.17) is 0 Å². The Hall–Kier alpha value is -2.50. The Balaban J connectivity index is 1.63. The van der Waals surface area contributed by atoms with Gasteiger partial charge in [-0.3, -0.25) is 9.78 Å². The Bertz CT molecular complexity index is 737. The predicted octanol–water partition coefficient (Wildman–Crippen LogP) is 2.68. The van der Waals surface area contributed by atoms with Crippen LogP contribution in [0.3, 0.4) is 0 Å². The lowest BCUT2D eigenvalue weighted by atomic mass is 9.92. The minimum Gasteiger partial charge on any atom is -0.372 e. The summed E-state index contributed by atoms with van der Waals surface area (Å²) in [5, 5.41) is 3.06. The van der Waals surface area contributed by atoms with Gasteiger partial charge in [-0.15, -0.1) is 0 Å². The lowest BCUT2D eigenvalue weighted by Crippen LogP contribution is -2.41. The normalized spacial score (nSPS) is 17.4. The first-order valence-corrected chi connectivity index (χ1v) is 8.66. The first-order valence-electron chi connectivity index (χ1n) is 8.66. The summed E-state index contributed by atoms with van der Waals surface area (Å²) in [6.07, 6.45) is 6.28. The van der Waals surface area contributed by atoms with Crippen molar-refractivity contribution in [3.63, 3.8) is 0 Å². The Morgan fingerprint density at radius 1 is 1.32 bits per heavy atom. The molecule has 0 bridgehead atoms. The summed E-state index contributed by atoms with van der Waals surface area (Å²) in [5.41, 5.74) is 1.39. The number of benzene rings is 1. The minimum absolute atomic E-state index is 0.0113. The van der Waals surface area contributed by atoms with E-state index in [1.54, 1.807) is 30.6 Å². The van der Waals surface area contributed by atoms with Gasteiger partial charge in [-0.25, -0.2) is 9.37 Å². The van der Waals surface area contributed by atoms with E-state index in [2.05, 4.69) is 15.3 Å². The molecule has 132 valence electrons. The van der Waals surface area contributed by atoms with Crippen LogP contribution < -0.4 is 5.32 Å². The molecule has 3 rings (SSSR count). The molecule has 25 heavy (non-hydrogen) atoms. The molecule has 2 heterocycles. The predicted molar refractivity (Wildman–Crippen MR) is 94.7 cm³/mol. The van der Waals surface area contributed by atoms with Crippen molar-refractivity contribution >= 4 is 11.7 Å². The number of piperidine rings is 1. The summed E-state index contributed by atoms with van der Waals surface area (Å²) in [4.78, 5) is 23.1. The van der Waals surface area contributed by atoms with Crippen molar-refractivity contribution in [2.45, 2.75) is 25.7 Å². The maximum Gasteiger partial charge on any atom is 0.227 e. The van der Waals surface area contributed by atoms with Gasteiger partial charge in [-0.05, 0) is 36.8 Å². The van der Waals surface area contributed by atoms with Crippen LogP contribution in [0.4, 0.5) is 10.2 Å². The summed E-state index contributed by atoms with van der Waals surface area (Å²) >= 11 is 0. The molecule has 5 nitrogen and oxygen atoms in total. The highest BCUT2D eigenvalue weighted by molar-refractivity contribution is 5.79. The van der Waals surface area contributed by atoms with E-state index >= 15 is 0 Å². The molecule has 1 aliphatic heterocycles. The second-order valence-electron chi connectivity index (χ2n) is 6.42. The highest BCUT2D eigenvalue weighted by atomic mass is 19.1. The number of carbonyl (C=O) groups is 1. The molecule has 1 aliphatic rings. The van der Waals surface area contributed by atoms with Crippen LogP contribution in [0.1, 0.15) is 24.1 Å². The van der Waals surface area contributed by atoms with Crippen LogP contribution in [0.25, 0.3) is 0 Å². The van der Waals surface area contributed by atoms with Gasteiger partial charge in [0.2, 0.25) is 5.91 Å². The molecule has 0 radical (unpaired) electrons. The van der Waals surface area contributed by atoms with E-state index in [0.29, 0.717) is 18.0 Å². The third-order valence-corrected chi connectivity index (χ3v) is 4.66. The van der Waals surface area contributed by atoms with Crippen LogP contribution in [0, 0.1) is 11.7 Å². The first-order chi connectivity index (χ1) is 12.2. The Kier molecular flexibility index (Phi) is 5.58. The average Bonchev–Trinajstić information content (AvgIpc) is 2.64. The van der Waals surface area contributed by atoms with Gasteiger partial charge in [0.05, 0.1) is 12.1 Å². The number of carbonyl (C=O) groups excluding carboxylic acids is 1. The van der Waals surface area contributed by atoms with E-state index in [0.717, 1.165) is 37.3 Å². The molecule has 1 amide bonds. The van der Waals surface area contributed by atoms with E-state index in [1.807, 2.05) is 11.9 Å². The maximum atomic E-state index is 13.8. The monoisotopic (exact) mass is 342 g/mol. The summed E-state index contributed by atoms with van der Waals surface area (Å²) in [6.45, 7) is 1.43. The summed E-state index contributed by atoms with van der Waals surface area (Å²) in [5.74, 6) is 0.810. The molecular formula is C19H23FN4O. The van der Waals surface area contributed by atoms with Crippen LogP contribution in [0.5, 0.6) is 0 Å². The van der Waals surface area contributed by atoms with Gasteiger partial charge in [0.25, 0.3) is 0 Å². The molecule has 2 aromatic rings. The number of amides is 1. The standard InChI is InChI=1S/C19H23FN4O/c1-21-19-17(22-8-9-23-19)11-14-5-4-10-24(13-14)18(25)12-15-6-2-3-7-16(15)20/h2-3,6-9,14H,4-5,10-13H2,1H3,(H,21,23)/t14-/m0/s1. The molecule has 6 heteroatoms. The highest BCUT2D eigenvalue weighted by Gasteiger charge is 2.25. The third kappa shape index (κ3) is 4.32. The van der Waals surface area contributed by atoms with Crippen LogP contribution in [0.2, 0.25) is 0 Å². The fourth-order valence-electron chi connectivity index (χ4n) is 3.37. The molecule has 0 aliphatic carbocycles. The molecule has 1 aromatic carbocycles. The average molecular weight is 342 g/mol. The molecule has 1 fully saturated rings. The molecule has 0 unspecified atom stereocenters. The molecule has 1 atom stereocenters. The SMILES string of the molecule is CNc1nccnc1C[C@@H]1CCCN(C(=O)Cc2ccccc2F)C1. The number of halogens is 1. The highest BCUT2D eigenvalue weighted by Crippen LogP contribution is 2.23. The number of aromatic nitrogens is 2. The minimum atomic E-state index is -0.317. The fourth-order valence-corrected chi connectivity index (χ4v) is 3.37. The van der Waals surface area contributed by atoms with Gasteiger partial charge >= 0.3 is 0 Å². The van der Waals surface area contributed by atoms with Crippen molar-refractivity contribution in [3.8, 4) is 0 Å². The van der Waals surface area contributed by atoms with Gasteiger partial charge in [0.15, 0.2) is 0 Å². The van der Waals surface area contributed by atoms with Gasteiger partial charge in [-0.2, -0.15) is 0 Å². The lowest BCUT2D eigenvalue weighted by molar-refractivity contribution is -0.132. The molecule has 1 N–H and O–H groups in total. The summed E-state index contributed by atoms with van der Waals surface area (Å²) < 4.78 is 13.8. The van der Waals surface area contributed by atoms with Crippen LogP contribution in [0.15, 0.2) is 36.7 Å². The van der Waals surface area contributed by atoms with Gasteiger partial charge in [0.1, 0.15) is 11.6 Å². The molecule has 1 saturated heterocycles. The van der Waals surface area contributed by atoms with Crippen LogP contribution in [-0.4, -0.2) is 40.9 Å². The van der Waals surface area contributed by atoms with Crippen LogP contribution >= 0.6 is 0 Å². The Labute approximate surface area is 147 Å². The van der Waals surface area contributed by atoms with Gasteiger partial charge < -0.3 is 10.2 Å². The topological polar surface area (TPSA) is 58.1 Å². The summed E-state index contributed by atoms with van der Waals surface area (Å²) in [7, 11) is 1.83. The second-order valence-corrected chi connectivity index (χ2v) is 6.42. The fraction of sp³-hybridized carbons (Fsp3) is 0.421. The third-order valence-electron chi connectivity index (χ3n) is 4.66. The number of nitrogens with zero attached hydrogens (tertiary/aromatic N) is 3. The van der Waals surface area contributed by atoms with Crippen molar-refractivity contribution in [1.29, 1.82) is 0 Å². The van der Waals surface area contributed by atoms with E-state index in [-0.39, 0.29) is 18.1 Å². The number of nitrogens with one attached hydrogen (secondary N) is 1. The Morgan fingerprint density at radius 2 is 2.12 bits per heavy atom. The van der Waals surface area contributed by atoms with Crippen molar-refractivity contribution in [2.75, 3.05) is 25.5 Å². The number of hydrogen-bond donors (Lipinski definition) is 1. The number of rotatable bonds is 5. The number of hydrogen-bond acceptors (Lipinski definition) is 4.